The third-order valence-electron chi connectivity index (χ3n) is 2.79. The number of hydrogen-bond acceptors (Lipinski definition) is 2. The van der Waals surface area contributed by atoms with E-state index in [-0.39, 0.29) is 11.1 Å². The zero-order valence-electron chi connectivity index (χ0n) is 10.4. The van der Waals surface area contributed by atoms with Crippen molar-refractivity contribution >= 4 is 27.5 Å². The van der Waals surface area contributed by atoms with Crippen molar-refractivity contribution in [2.24, 2.45) is 0 Å². The van der Waals surface area contributed by atoms with E-state index in [1.807, 2.05) is 13.8 Å². The van der Waals surface area contributed by atoms with Crippen molar-refractivity contribution in [3.05, 3.63) is 51.0 Å². The Balaban J connectivity index is 2.49. The van der Waals surface area contributed by atoms with Gasteiger partial charge in [-0.05, 0) is 41.9 Å². The fraction of sp³-hybridized carbons (Fsp3) is 0.308. The molecule has 0 aliphatic carbocycles. The molecule has 0 saturated heterocycles. The number of aromatic nitrogens is 2. The molecule has 2 aromatic rings. The SMILES string of the molecule is CC(C)n1ncc(Br)c1C(O)c1ccc(F)cc1Cl. The maximum Gasteiger partial charge on any atom is 0.124 e. The van der Waals surface area contributed by atoms with Gasteiger partial charge in [-0.2, -0.15) is 5.10 Å². The van der Waals surface area contributed by atoms with Crippen molar-refractivity contribution in [2.45, 2.75) is 26.0 Å². The molecule has 0 bridgehead atoms. The van der Waals surface area contributed by atoms with Crippen LogP contribution < -0.4 is 0 Å². The first-order valence-corrected chi connectivity index (χ1v) is 6.94. The van der Waals surface area contributed by atoms with Crippen molar-refractivity contribution in [1.29, 1.82) is 0 Å². The Labute approximate surface area is 124 Å². The Morgan fingerprint density at radius 2 is 2.11 bits per heavy atom. The van der Waals surface area contributed by atoms with Crippen LogP contribution in [0.25, 0.3) is 0 Å². The number of hydrogen-bond donors (Lipinski definition) is 1. The Hall–Kier alpha value is -0.910. The maximum atomic E-state index is 13.0. The maximum absolute atomic E-state index is 13.0. The fourth-order valence-corrected chi connectivity index (χ4v) is 2.65. The van der Waals surface area contributed by atoms with Gasteiger partial charge in [0.1, 0.15) is 11.9 Å². The second kappa shape index (κ2) is 5.61. The molecule has 1 N–H and O–H groups in total. The summed E-state index contributed by atoms with van der Waals surface area (Å²) < 4.78 is 15.4. The zero-order chi connectivity index (χ0) is 14.2. The number of nitrogens with zero attached hydrogens (tertiary/aromatic N) is 2. The molecule has 1 atom stereocenters. The first-order valence-electron chi connectivity index (χ1n) is 5.77. The van der Waals surface area contributed by atoms with Gasteiger partial charge in [0.15, 0.2) is 0 Å². The Kier molecular flexibility index (Phi) is 4.28. The van der Waals surface area contributed by atoms with Gasteiger partial charge < -0.3 is 5.11 Å². The van der Waals surface area contributed by atoms with Crippen molar-refractivity contribution in [3.8, 4) is 0 Å². The molecule has 0 aliphatic heterocycles. The smallest absolute Gasteiger partial charge is 0.124 e. The van der Waals surface area contributed by atoms with Crippen LogP contribution in [0.15, 0.2) is 28.9 Å². The molecule has 0 radical (unpaired) electrons. The third kappa shape index (κ3) is 2.83. The zero-order valence-corrected chi connectivity index (χ0v) is 12.8. The fourth-order valence-electron chi connectivity index (χ4n) is 1.89. The van der Waals surface area contributed by atoms with Crippen molar-refractivity contribution < 1.29 is 9.50 Å². The first kappa shape index (κ1) is 14.5. The van der Waals surface area contributed by atoms with E-state index in [4.69, 9.17) is 11.6 Å². The average molecular weight is 348 g/mol. The van der Waals surface area contributed by atoms with Crippen LogP contribution in [0, 0.1) is 5.82 Å². The molecule has 0 fully saturated rings. The van der Waals surface area contributed by atoms with Gasteiger partial charge in [0, 0.05) is 16.6 Å². The van der Waals surface area contributed by atoms with E-state index < -0.39 is 11.9 Å². The van der Waals surface area contributed by atoms with Crippen molar-refractivity contribution in [3.63, 3.8) is 0 Å². The van der Waals surface area contributed by atoms with Crippen molar-refractivity contribution in [2.75, 3.05) is 0 Å². The Bertz CT molecular complexity index is 600. The van der Waals surface area contributed by atoms with E-state index in [1.54, 1.807) is 10.9 Å². The predicted octanol–water partition coefficient (Wildman–Crippen LogP) is 4.10. The number of aliphatic hydroxyl groups excluding tert-OH is 1. The second-order valence-corrected chi connectivity index (χ2v) is 5.75. The summed E-state index contributed by atoms with van der Waals surface area (Å²) in [5, 5.41) is 14.9. The Morgan fingerprint density at radius 3 is 2.68 bits per heavy atom. The quantitative estimate of drug-likeness (QED) is 0.907. The van der Waals surface area contributed by atoms with E-state index in [0.29, 0.717) is 15.7 Å². The molecule has 1 aromatic heterocycles. The van der Waals surface area contributed by atoms with Crippen LogP contribution in [0.2, 0.25) is 5.02 Å². The highest BCUT2D eigenvalue weighted by Crippen LogP contribution is 2.33. The lowest BCUT2D eigenvalue weighted by Gasteiger charge is -2.18. The average Bonchev–Trinajstić information content (AvgIpc) is 2.70. The number of aliphatic hydroxyl groups is 1. The van der Waals surface area contributed by atoms with E-state index in [1.165, 1.54) is 18.2 Å². The molecule has 0 spiro atoms. The normalized spacial score (nSPS) is 13.0. The molecule has 3 nitrogen and oxygen atoms in total. The summed E-state index contributed by atoms with van der Waals surface area (Å²) in [7, 11) is 0. The van der Waals surface area contributed by atoms with Gasteiger partial charge in [-0.3, -0.25) is 4.68 Å². The number of rotatable bonds is 3. The summed E-state index contributed by atoms with van der Waals surface area (Å²) in [5.41, 5.74) is 1.05. The second-order valence-electron chi connectivity index (χ2n) is 4.48. The van der Waals surface area contributed by atoms with Gasteiger partial charge in [-0.1, -0.05) is 17.7 Å². The third-order valence-corrected chi connectivity index (χ3v) is 3.73. The minimum absolute atomic E-state index is 0.0928. The largest absolute Gasteiger partial charge is 0.382 e. The highest BCUT2D eigenvalue weighted by Gasteiger charge is 2.23. The Morgan fingerprint density at radius 1 is 1.42 bits per heavy atom. The molecular weight excluding hydrogens is 335 g/mol. The van der Waals surface area contributed by atoms with Gasteiger partial charge in [0.05, 0.1) is 16.4 Å². The molecule has 2 rings (SSSR count). The molecule has 19 heavy (non-hydrogen) atoms. The van der Waals surface area contributed by atoms with Crippen LogP contribution in [-0.2, 0) is 0 Å². The molecule has 1 heterocycles. The van der Waals surface area contributed by atoms with Gasteiger partial charge in [0.2, 0.25) is 0 Å². The van der Waals surface area contributed by atoms with Crippen LogP contribution in [0.3, 0.4) is 0 Å². The van der Waals surface area contributed by atoms with E-state index in [9.17, 15) is 9.50 Å². The molecule has 0 amide bonds. The van der Waals surface area contributed by atoms with Crippen LogP contribution in [0.4, 0.5) is 4.39 Å². The van der Waals surface area contributed by atoms with Gasteiger partial charge in [-0.15, -0.1) is 0 Å². The molecule has 6 heteroatoms. The molecular formula is C13H13BrClFN2O. The van der Waals surface area contributed by atoms with Gasteiger partial charge >= 0.3 is 0 Å². The van der Waals surface area contributed by atoms with E-state index >= 15 is 0 Å². The molecule has 0 aliphatic rings. The summed E-state index contributed by atoms with van der Waals surface area (Å²) in [6, 6.07) is 4.03. The van der Waals surface area contributed by atoms with E-state index in [2.05, 4.69) is 21.0 Å². The molecule has 1 aromatic carbocycles. The lowest BCUT2D eigenvalue weighted by Crippen LogP contribution is -2.13. The highest BCUT2D eigenvalue weighted by molar-refractivity contribution is 9.10. The lowest BCUT2D eigenvalue weighted by atomic mass is 10.1. The standard InChI is InChI=1S/C13H13BrClFN2O/c1-7(2)18-12(10(14)6-17-18)13(19)9-4-3-8(16)5-11(9)15/h3-7,13,19H,1-2H3. The topological polar surface area (TPSA) is 38.0 Å². The summed E-state index contributed by atoms with van der Waals surface area (Å²) in [4.78, 5) is 0. The molecule has 102 valence electrons. The summed E-state index contributed by atoms with van der Waals surface area (Å²) in [6.45, 7) is 3.92. The summed E-state index contributed by atoms with van der Waals surface area (Å²) in [6.07, 6.45) is 0.656. The number of halogens is 3. The minimum Gasteiger partial charge on any atom is -0.382 e. The number of benzene rings is 1. The van der Waals surface area contributed by atoms with E-state index in [0.717, 1.165) is 0 Å². The van der Waals surface area contributed by atoms with Crippen LogP contribution in [-0.4, -0.2) is 14.9 Å². The summed E-state index contributed by atoms with van der Waals surface area (Å²) in [5.74, 6) is -0.433. The first-order chi connectivity index (χ1) is 8.91. The minimum atomic E-state index is -0.965. The summed E-state index contributed by atoms with van der Waals surface area (Å²) >= 11 is 9.34. The van der Waals surface area contributed by atoms with Gasteiger partial charge in [0.25, 0.3) is 0 Å². The highest BCUT2D eigenvalue weighted by atomic mass is 79.9. The molecule has 0 saturated carbocycles. The van der Waals surface area contributed by atoms with Crippen LogP contribution in [0.1, 0.15) is 37.3 Å². The van der Waals surface area contributed by atoms with Crippen LogP contribution >= 0.6 is 27.5 Å². The predicted molar refractivity (Wildman–Crippen MR) is 75.8 cm³/mol. The van der Waals surface area contributed by atoms with Crippen molar-refractivity contribution in [1.82, 2.24) is 9.78 Å². The molecule has 1 unspecified atom stereocenters. The van der Waals surface area contributed by atoms with Crippen LogP contribution in [0.5, 0.6) is 0 Å². The van der Waals surface area contributed by atoms with Gasteiger partial charge in [-0.25, -0.2) is 4.39 Å². The lowest BCUT2D eigenvalue weighted by molar-refractivity contribution is 0.204. The monoisotopic (exact) mass is 346 g/mol.